The van der Waals surface area contributed by atoms with Crippen molar-refractivity contribution in [1.29, 1.82) is 0 Å². The lowest BCUT2D eigenvalue weighted by atomic mass is 9.98. The van der Waals surface area contributed by atoms with Gasteiger partial charge in [0.05, 0.1) is 0 Å². The maximum Gasteiger partial charge on any atom is 0.136 e. The van der Waals surface area contributed by atoms with Gasteiger partial charge in [-0.15, -0.1) is 0 Å². The van der Waals surface area contributed by atoms with Crippen molar-refractivity contribution in [3.8, 4) is 0 Å². The third kappa shape index (κ3) is 2.59. The van der Waals surface area contributed by atoms with E-state index in [1.165, 1.54) is 0 Å². The van der Waals surface area contributed by atoms with E-state index in [1.54, 1.807) is 0 Å². The van der Waals surface area contributed by atoms with E-state index in [4.69, 9.17) is 5.73 Å². The molecule has 70 valence electrons. The second-order valence-electron chi connectivity index (χ2n) is 3.84. The minimum Gasteiger partial charge on any atom is -0.328 e. The van der Waals surface area contributed by atoms with Crippen molar-refractivity contribution in [2.45, 2.75) is 51.5 Å². The maximum absolute atomic E-state index is 11.5. The largest absolute Gasteiger partial charge is 0.328 e. The van der Waals surface area contributed by atoms with Gasteiger partial charge in [0.25, 0.3) is 0 Å². The lowest BCUT2D eigenvalue weighted by Gasteiger charge is -2.06. The average molecular weight is 169 g/mol. The summed E-state index contributed by atoms with van der Waals surface area (Å²) in [7, 11) is 0. The summed E-state index contributed by atoms with van der Waals surface area (Å²) >= 11 is 0. The van der Waals surface area contributed by atoms with Crippen LogP contribution in [0.3, 0.4) is 0 Å². The Morgan fingerprint density at radius 3 is 2.75 bits per heavy atom. The van der Waals surface area contributed by atoms with Gasteiger partial charge < -0.3 is 5.73 Å². The van der Waals surface area contributed by atoms with Crippen molar-refractivity contribution < 1.29 is 4.79 Å². The molecular formula is C10H19NO. The van der Waals surface area contributed by atoms with Crippen molar-refractivity contribution in [3.05, 3.63) is 0 Å². The number of carbonyl (C=O) groups is 1. The fraction of sp³-hybridized carbons (Fsp3) is 0.900. The van der Waals surface area contributed by atoms with Crippen LogP contribution in [0.15, 0.2) is 0 Å². The predicted octanol–water partition coefficient (Wildman–Crippen LogP) is 1.87. The van der Waals surface area contributed by atoms with E-state index in [2.05, 4.69) is 6.92 Å². The van der Waals surface area contributed by atoms with Crippen molar-refractivity contribution in [3.63, 3.8) is 0 Å². The number of rotatable bonds is 4. The Bertz CT molecular complexity index is 156. The molecule has 2 N–H and O–H groups in total. The Balaban J connectivity index is 2.23. The molecule has 1 fully saturated rings. The first-order valence-electron chi connectivity index (χ1n) is 5.02. The van der Waals surface area contributed by atoms with E-state index < -0.39 is 0 Å². The first-order valence-corrected chi connectivity index (χ1v) is 5.02. The van der Waals surface area contributed by atoms with Gasteiger partial charge in [0.1, 0.15) is 5.78 Å². The zero-order valence-electron chi connectivity index (χ0n) is 7.88. The SMILES string of the molecule is CCCCC(=O)C1CCC(N)C1. The Hall–Kier alpha value is -0.370. The van der Waals surface area contributed by atoms with Gasteiger partial charge in [0.2, 0.25) is 0 Å². The average Bonchev–Trinajstić information content (AvgIpc) is 2.47. The monoisotopic (exact) mass is 169 g/mol. The molecule has 0 spiro atoms. The zero-order chi connectivity index (χ0) is 8.97. The smallest absolute Gasteiger partial charge is 0.136 e. The summed E-state index contributed by atoms with van der Waals surface area (Å²) in [5.74, 6) is 0.747. The fourth-order valence-electron chi connectivity index (χ4n) is 1.86. The third-order valence-electron chi connectivity index (χ3n) is 2.71. The van der Waals surface area contributed by atoms with Crippen LogP contribution in [0, 0.1) is 5.92 Å². The molecule has 0 aromatic rings. The molecule has 0 bridgehead atoms. The molecular weight excluding hydrogens is 150 g/mol. The highest BCUT2D eigenvalue weighted by Gasteiger charge is 2.26. The minimum atomic E-state index is 0.292. The first-order chi connectivity index (χ1) is 5.74. The summed E-state index contributed by atoms with van der Waals surface area (Å²) in [5.41, 5.74) is 5.74. The lowest BCUT2D eigenvalue weighted by molar-refractivity contribution is -0.122. The second kappa shape index (κ2) is 4.61. The van der Waals surface area contributed by atoms with Gasteiger partial charge in [-0.05, 0) is 25.7 Å². The van der Waals surface area contributed by atoms with Crippen LogP contribution < -0.4 is 5.73 Å². The molecule has 1 rings (SSSR count). The van der Waals surface area contributed by atoms with Gasteiger partial charge in [-0.25, -0.2) is 0 Å². The number of hydrogen-bond acceptors (Lipinski definition) is 2. The molecule has 0 saturated heterocycles. The van der Waals surface area contributed by atoms with Crippen LogP contribution in [0.4, 0.5) is 0 Å². The maximum atomic E-state index is 11.5. The normalized spacial score (nSPS) is 29.2. The Kier molecular flexibility index (Phi) is 3.73. The van der Waals surface area contributed by atoms with Crippen LogP contribution in [0.25, 0.3) is 0 Å². The zero-order valence-corrected chi connectivity index (χ0v) is 7.88. The molecule has 2 nitrogen and oxygen atoms in total. The second-order valence-corrected chi connectivity index (χ2v) is 3.84. The van der Waals surface area contributed by atoms with Gasteiger partial charge in [-0.1, -0.05) is 13.3 Å². The molecule has 1 aliphatic carbocycles. The molecule has 0 amide bonds. The molecule has 0 radical (unpaired) electrons. The number of nitrogens with two attached hydrogens (primary N) is 1. The molecule has 2 unspecified atom stereocenters. The van der Waals surface area contributed by atoms with Crippen LogP contribution in [-0.2, 0) is 4.79 Å². The molecule has 2 heteroatoms. The Labute approximate surface area is 74.5 Å². The van der Waals surface area contributed by atoms with E-state index >= 15 is 0 Å². The molecule has 1 aliphatic rings. The molecule has 0 heterocycles. The van der Waals surface area contributed by atoms with E-state index in [-0.39, 0.29) is 0 Å². The van der Waals surface area contributed by atoms with Crippen molar-refractivity contribution in [1.82, 2.24) is 0 Å². The van der Waals surface area contributed by atoms with Crippen molar-refractivity contribution in [2.75, 3.05) is 0 Å². The van der Waals surface area contributed by atoms with Crippen molar-refractivity contribution in [2.24, 2.45) is 11.7 Å². The van der Waals surface area contributed by atoms with Crippen LogP contribution in [-0.4, -0.2) is 11.8 Å². The molecule has 0 aromatic heterocycles. The first kappa shape index (κ1) is 9.72. The highest BCUT2D eigenvalue weighted by molar-refractivity contribution is 5.81. The molecule has 12 heavy (non-hydrogen) atoms. The molecule has 1 saturated carbocycles. The fourth-order valence-corrected chi connectivity index (χ4v) is 1.86. The Morgan fingerprint density at radius 1 is 1.50 bits per heavy atom. The topological polar surface area (TPSA) is 43.1 Å². The van der Waals surface area contributed by atoms with Crippen LogP contribution in [0.5, 0.6) is 0 Å². The minimum absolute atomic E-state index is 0.292. The molecule has 0 aliphatic heterocycles. The van der Waals surface area contributed by atoms with Gasteiger partial charge in [-0.3, -0.25) is 4.79 Å². The summed E-state index contributed by atoms with van der Waals surface area (Å²) in [6, 6.07) is 0.292. The number of carbonyl (C=O) groups excluding carboxylic acids is 1. The summed E-state index contributed by atoms with van der Waals surface area (Å²) in [6.07, 6.45) is 5.94. The number of unbranched alkanes of at least 4 members (excludes halogenated alkanes) is 1. The van der Waals surface area contributed by atoms with Gasteiger partial charge in [0, 0.05) is 18.4 Å². The lowest BCUT2D eigenvalue weighted by Crippen LogP contribution is -2.17. The summed E-state index contributed by atoms with van der Waals surface area (Å²) in [4.78, 5) is 11.5. The highest BCUT2D eigenvalue weighted by atomic mass is 16.1. The summed E-state index contributed by atoms with van der Waals surface area (Å²) in [6.45, 7) is 2.12. The number of hydrogen-bond donors (Lipinski definition) is 1. The summed E-state index contributed by atoms with van der Waals surface area (Å²) < 4.78 is 0. The van der Waals surface area contributed by atoms with E-state index in [9.17, 15) is 4.79 Å². The highest BCUT2D eigenvalue weighted by Crippen LogP contribution is 2.26. The van der Waals surface area contributed by atoms with E-state index in [1.807, 2.05) is 0 Å². The quantitative estimate of drug-likeness (QED) is 0.698. The summed E-state index contributed by atoms with van der Waals surface area (Å²) in [5, 5.41) is 0. The standard InChI is InChI=1S/C10H19NO/c1-2-3-4-10(12)8-5-6-9(11)7-8/h8-9H,2-7,11H2,1H3. The number of ketones is 1. The van der Waals surface area contributed by atoms with Crippen LogP contribution >= 0.6 is 0 Å². The molecule has 0 aromatic carbocycles. The van der Waals surface area contributed by atoms with Gasteiger partial charge >= 0.3 is 0 Å². The number of Topliss-reactive ketones (excluding diaryl/α,β-unsaturated/α-hetero) is 1. The van der Waals surface area contributed by atoms with Crippen LogP contribution in [0.2, 0.25) is 0 Å². The molecule has 2 atom stereocenters. The van der Waals surface area contributed by atoms with Gasteiger partial charge in [-0.2, -0.15) is 0 Å². The van der Waals surface area contributed by atoms with E-state index in [0.29, 0.717) is 17.7 Å². The van der Waals surface area contributed by atoms with Crippen LogP contribution in [0.1, 0.15) is 45.4 Å². The predicted molar refractivity (Wildman–Crippen MR) is 49.8 cm³/mol. The van der Waals surface area contributed by atoms with Crippen molar-refractivity contribution >= 4 is 5.78 Å². The Morgan fingerprint density at radius 2 is 2.25 bits per heavy atom. The third-order valence-corrected chi connectivity index (χ3v) is 2.71. The van der Waals surface area contributed by atoms with Gasteiger partial charge in [0.15, 0.2) is 0 Å². The van der Waals surface area contributed by atoms with E-state index in [0.717, 1.165) is 38.5 Å².